The third-order valence-corrected chi connectivity index (χ3v) is 3.77. The maximum Gasteiger partial charge on any atom is 0.128 e. The Morgan fingerprint density at radius 2 is 1.86 bits per heavy atom. The monoisotopic (exact) mass is 283 g/mol. The molecule has 1 unspecified atom stereocenters. The van der Waals surface area contributed by atoms with Crippen molar-refractivity contribution in [3.8, 4) is 0 Å². The number of ether oxygens (including phenoxy) is 1. The first-order valence-corrected chi connectivity index (χ1v) is 7.43. The molecule has 4 heteroatoms. The van der Waals surface area contributed by atoms with Crippen LogP contribution in [0, 0.1) is 0 Å². The Labute approximate surface area is 125 Å². The van der Waals surface area contributed by atoms with Crippen LogP contribution in [-0.4, -0.2) is 31.3 Å². The van der Waals surface area contributed by atoms with E-state index >= 15 is 0 Å². The Morgan fingerprint density at radius 3 is 2.52 bits per heavy atom. The zero-order chi connectivity index (χ0) is 14.5. The number of anilines is 2. The number of hydrogen-bond donors (Lipinski definition) is 1. The number of nitrogens with one attached hydrogen (secondary N) is 1. The number of benzene rings is 1. The van der Waals surface area contributed by atoms with Gasteiger partial charge in [-0.3, -0.25) is 0 Å². The van der Waals surface area contributed by atoms with Crippen molar-refractivity contribution in [1.82, 2.24) is 4.98 Å². The molecule has 110 valence electrons. The molecule has 1 aromatic heterocycles. The number of hydrogen-bond acceptors (Lipinski definition) is 4. The summed E-state index contributed by atoms with van der Waals surface area (Å²) in [5.41, 5.74) is 2.32. The molecule has 4 nitrogen and oxygen atoms in total. The second kappa shape index (κ2) is 6.59. The molecule has 3 rings (SSSR count). The van der Waals surface area contributed by atoms with Gasteiger partial charge in [0.1, 0.15) is 5.82 Å². The van der Waals surface area contributed by atoms with E-state index in [0.29, 0.717) is 0 Å². The zero-order valence-corrected chi connectivity index (χ0v) is 12.3. The molecule has 0 bridgehead atoms. The molecule has 1 aliphatic rings. The molecule has 1 aliphatic heterocycles. The van der Waals surface area contributed by atoms with Crippen molar-refractivity contribution < 1.29 is 4.74 Å². The first-order chi connectivity index (χ1) is 10.3. The normalized spacial score (nSPS) is 16.5. The zero-order valence-electron chi connectivity index (χ0n) is 12.3. The van der Waals surface area contributed by atoms with Gasteiger partial charge in [0, 0.05) is 19.1 Å². The molecule has 1 N–H and O–H groups in total. The van der Waals surface area contributed by atoms with Crippen LogP contribution in [-0.2, 0) is 4.74 Å². The standard InChI is InChI=1S/C17H21N3O/c1-14(15-5-3-2-4-6-15)19-16-7-8-17(18-13-16)20-9-11-21-12-10-20/h2-8,13-14,19H,9-12H2,1H3. The lowest BCUT2D eigenvalue weighted by molar-refractivity contribution is 0.122. The third kappa shape index (κ3) is 3.52. The van der Waals surface area contributed by atoms with Crippen LogP contribution < -0.4 is 10.2 Å². The topological polar surface area (TPSA) is 37.4 Å². The highest BCUT2D eigenvalue weighted by Gasteiger charge is 2.12. The first-order valence-electron chi connectivity index (χ1n) is 7.43. The molecule has 0 aliphatic carbocycles. The van der Waals surface area contributed by atoms with Crippen LogP contribution >= 0.6 is 0 Å². The van der Waals surface area contributed by atoms with Crippen LogP contribution in [0.25, 0.3) is 0 Å². The molecule has 1 aromatic carbocycles. The minimum absolute atomic E-state index is 0.266. The second-order valence-electron chi connectivity index (χ2n) is 5.28. The second-order valence-corrected chi connectivity index (χ2v) is 5.28. The Morgan fingerprint density at radius 1 is 1.10 bits per heavy atom. The SMILES string of the molecule is CC(Nc1ccc(N2CCOCC2)nc1)c1ccccc1. The minimum Gasteiger partial charge on any atom is -0.378 e. The van der Waals surface area contributed by atoms with Gasteiger partial charge in [0.05, 0.1) is 25.1 Å². The van der Waals surface area contributed by atoms with Crippen molar-refractivity contribution in [2.75, 3.05) is 36.5 Å². The summed E-state index contributed by atoms with van der Waals surface area (Å²) in [4.78, 5) is 6.81. The van der Waals surface area contributed by atoms with Crippen molar-refractivity contribution >= 4 is 11.5 Å². The van der Waals surface area contributed by atoms with E-state index in [-0.39, 0.29) is 6.04 Å². The summed E-state index contributed by atoms with van der Waals surface area (Å²) in [6.07, 6.45) is 1.91. The van der Waals surface area contributed by atoms with E-state index in [1.165, 1.54) is 5.56 Å². The summed E-state index contributed by atoms with van der Waals surface area (Å²) in [6, 6.07) is 14.9. The van der Waals surface area contributed by atoms with Gasteiger partial charge in [0.2, 0.25) is 0 Å². The van der Waals surface area contributed by atoms with Gasteiger partial charge in [-0.05, 0) is 24.6 Å². The quantitative estimate of drug-likeness (QED) is 0.935. The van der Waals surface area contributed by atoms with Gasteiger partial charge in [0.15, 0.2) is 0 Å². The smallest absolute Gasteiger partial charge is 0.128 e. The van der Waals surface area contributed by atoms with Gasteiger partial charge >= 0.3 is 0 Å². The van der Waals surface area contributed by atoms with E-state index < -0.39 is 0 Å². The number of rotatable bonds is 4. The van der Waals surface area contributed by atoms with Crippen LogP contribution in [0.1, 0.15) is 18.5 Å². The van der Waals surface area contributed by atoms with Crippen molar-refractivity contribution in [1.29, 1.82) is 0 Å². The molecular formula is C17H21N3O. The van der Waals surface area contributed by atoms with E-state index in [1.54, 1.807) is 0 Å². The molecule has 0 spiro atoms. The fraction of sp³-hybridized carbons (Fsp3) is 0.353. The number of pyridine rings is 1. The fourth-order valence-corrected chi connectivity index (χ4v) is 2.53. The summed E-state index contributed by atoms with van der Waals surface area (Å²) in [6.45, 7) is 5.56. The Bertz CT molecular complexity index is 550. The predicted molar refractivity (Wildman–Crippen MR) is 85.7 cm³/mol. The fourth-order valence-electron chi connectivity index (χ4n) is 2.53. The summed E-state index contributed by atoms with van der Waals surface area (Å²) >= 11 is 0. The predicted octanol–water partition coefficient (Wildman–Crippen LogP) is 3.09. The Kier molecular flexibility index (Phi) is 4.36. The minimum atomic E-state index is 0.266. The highest BCUT2D eigenvalue weighted by molar-refractivity contribution is 5.50. The van der Waals surface area contributed by atoms with Gasteiger partial charge in [-0.15, -0.1) is 0 Å². The molecule has 1 atom stereocenters. The average Bonchev–Trinajstić information content (AvgIpc) is 2.57. The van der Waals surface area contributed by atoms with E-state index in [9.17, 15) is 0 Å². The van der Waals surface area contributed by atoms with Gasteiger partial charge in [-0.25, -0.2) is 4.98 Å². The van der Waals surface area contributed by atoms with Crippen molar-refractivity contribution in [3.63, 3.8) is 0 Å². The number of nitrogens with zero attached hydrogens (tertiary/aromatic N) is 2. The summed E-state index contributed by atoms with van der Waals surface area (Å²) in [5.74, 6) is 1.02. The van der Waals surface area contributed by atoms with Crippen molar-refractivity contribution in [2.45, 2.75) is 13.0 Å². The summed E-state index contributed by atoms with van der Waals surface area (Å²) in [5, 5.41) is 3.48. The Hall–Kier alpha value is -2.07. The van der Waals surface area contributed by atoms with Gasteiger partial charge in [0.25, 0.3) is 0 Å². The largest absolute Gasteiger partial charge is 0.378 e. The van der Waals surface area contributed by atoms with Crippen molar-refractivity contribution in [2.24, 2.45) is 0 Å². The molecule has 1 saturated heterocycles. The number of morpholine rings is 1. The van der Waals surface area contributed by atoms with Crippen LogP contribution in [0.5, 0.6) is 0 Å². The molecule has 2 aromatic rings. The molecule has 1 fully saturated rings. The van der Waals surface area contributed by atoms with E-state index in [1.807, 2.05) is 12.3 Å². The van der Waals surface area contributed by atoms with E-state index in [4.69, 9.17) is 4.74 Å². The number of aromatic nitrogens is 1. The van der Waals surface area contributed by atoms with E-state index in [2.05, 4.69) is 58.5 Å². The van der Waals surface area contributed by atoms with Crippen LogP contribution in [0.3, 0.4) is 0 Å². The first kappa shape index (κ1) is 13.9. The lowest BCUT2D eigenvalue weighted by Crippen LogP contribution is -2.36. The van der Waals surface area contributed by atoms with Crippen LogP contribution in [0.4, 0.5) is 11.5 Å². The van der Waals surface area contributed by atoms with Gasteiger partial charge in [-0.1, -0.05) is 30.3 Å². The summed E-state index contributed by atoms with van der Waals surface area (Å²) in [7, 11) is 0. The highest BCUT2D eigenvalue weighted by Crippen LogP contribution is 2.20. The van der Waals surface area contributed by atoms with Crippen LogP contribution in [0.2, 0.25) is 0 Å². The lowest BCUT2D eigenvalue weighted by atomic mass is 10.1. The highest BCUT2D eigenvalue weighted by atomic mass is 16.5. The lowest BCUT2D eigenvalue weighted by Gasteiger charge is -2.28. The molecule has 21 heavy (non-hydrogen) atoms. The molecular weight excluding hydrogens is 262 g/mol. The average molecular weight is 283 g/mol. The molecule has 0 saturated carbocycles. The molecule has 0 radical (unpaired) electrons. The van der Waals surface area contributed by atoms with Gasteiger partial charge < -0.3 is 15.0 Å². The molecule has 0 amide bonds. The van der Waals surface area contributed by atoms with Crippen LogP contribution in [0.15, 0.2) is 48.7 Å². The summed E-state index contributed by atoms with van der Waals surface area (Å²) < 4.78 is 5.36. The maximum atomic E-state index is 5.36. The van der Waals surface area contributed by atoms with Gasteiger partial charge in [-0.2, -0.15) is 0 Å². The van der Waals surface area contributed by atoms with Crippen molar-refractivity contribution in [3.05, 3.63) is 54.2 Å². The Balaban J connectivity index is 1.64. The maximum absolute atomic E-state index is 5.36. The van der Waals surface area contributed by atoms with E-state index in [0.717, 1.165) is 37.8 Å². The molecule has 2 heterocycles. The third-order valence-electron chi connectivity index (χ3n) is 3.77.